The quantitative estimate of drug-likeness (QED) is 0.767. The van der Waals surface area contributed by atoms with Crippen molar-refractivity contribution < 1.29 is 9.53 Å². The van der Waals surface area contributed by atoms with Crippen LogP contribution in [0, 0.1) is 5.92 Å². The number of hydrogen-bond acceptors (Lipinski definition) is 3. The van der Waals surface area contributed by atoms with Gasteiger partial charge in [0.05, 0.1) is 12.1 Å². The van der Waals surface area contributed by atoms with Gasteiger partial charge < -0.3 is 15.0 Å². The molecule has 0 aromatic rings. The minimum Gasteiger partial charge on any atom is -0.376 e. The summed E-state index contributed by atoms with van der Waals surface area (Å²) in [5.74, 6) is 0.852. The lowest BCUT2D eigenvalue weighted by Gasteiger charge is -2.33. The van der Waals surface area contributed by atoms with Crippen molar-refractivity contribution in [2.45, 2.75) is 38.3 Å². The first kappa shape index (κ1) is 11.9. The number of rotatable bonds is 3. The third kappa shape index (κ3) is 2.55. The minimum atomic E-state index is 0.00465. The molecule has 0 aliphatic carbocycles. The topological polar surface area (TPSA) is 41.6 Å². The Kier molecular flexibility index (Phi) is 3.82. The number of nitrogens with one attached hydrogen (secondary N) is 1. The molecule has 3 atom stereocenters. The highest BCUT2D eigenvalue weighted by Gasteiger charge is 2.31. The van der Waals surface area contributed by atoms with Gasteiger partial charge >= 0.3 is 0 Å². The van der Waals surface area contributed by atoms with E-state index in [1.807, 2.05) is 11.9 Å². The molecule has 0 aromatic heterocycles. The highest BCUT2D eigenvalue weighted by Crippen LogP contribution is 2.20. The van der Waals surface area contributed by atoms with Gasteiger partial charge in [0.2, 0.25) is 5.91 Å². The van der Waals surface area contributed by atoms with Crippen molar-refractivity contribution in [1.82, 2.24) is 10.2 Å². The van der Waals surface area contributed by atoms with Crippen molar-refractivity contribution in [3.63, 3.8) is 0 Å². The van der Waals surface area contributed by atoms with Crippen LogP contribution in [-0.2, 0) is 9.53 Å². The number of amides is 1. The van der Waals surface area contributed by atoms with Gasteiger partial charge in [0.25, 0.3) is 0 Å². The summed E-state index contributed by atoms with van der Waals surface area (Å²) in [5, 5.41) is 3.12. The SMILES string of the molecule is CNC1CCC(C)CN(CC2CCO2)C1=O. The maximum Gasteiger partial charge on any atom is 0.239 e. The van der Waals surface area contributed by atoms with Crippen LogP contribution in [0.5, 0.6) is 0 Å². The average molecular weight is 226 g/mol. The molecule has 0 aromatic carbocycles. The van der Waals surface area contributed by atoms with Gasteiger partial charge in [0, 0.05) is 19.7 Å². The van der Waals surface area contributed by atoms with E-state index in [2.05, 4.69) is 12.2 Å². The van der Waals surface area contributed by atoms with Crippen molar-refractivity contribution in [3.8, 4) is 0 Å². The maximum atomic E-state index is 12.2. The molecule has 92 valence electrons. The lowest BCUT2D eigenvalue weighted by Crippen LogP contribution is -2.49. The monoisotopic (exact) mass is 226 g/mol. The van der Waals surface area contributed by atoms with Crippen LogP contribution >= 0.6 is 0 Å². The number of likely N-dealkylation sites (tertiary alicyclic amines) is 1. The highest BCUT2D eigenvalue weighted by atomic mass is 16.5. The average Bonchev–Trinajstić information content (AvgIpc) is 2.33. The molecule has 0 saturated carbocycles. The Morgan fingerprint density at radius 2 is 2.19 bits per heavy atom. The molecule has 2 aliphatic rings. The van der Waals surface area contributed by atoms with Crippen LogP contribution in [0.1, 0.15) is 26.2 Å². The van der Waals surface area contributed by atoms with Gasteiger partial charge in [-0.3, -0.25) is 4.79 Å². The van der Waals surface area contributed by atoms with Crippen molar-refractivity contribution in [2.75, 3.05) is 26.7 Å². The Balaban J connectivity index is 1.97. The van der Waals surface area contributed by atoms with E-state index in [0.717, 1.165) is 39.0 Å². The standard InChI is InChI=1S/C12H22N2O2/c1-9-3-4-11(13-2)12(15)14(7-9)8-10-5-6-16-10/h9-11,13H,3-8H2,1-2H3. The molecular weight excluding hydrogens is 204 g/mol. The Morgan fingerprint density at radius 3 is 2.75 bits per heavy atom. The molecule has 2 heterocycles. The summed E-state index contributed by atoms with van der Waals surface area (Å²) >= 11 is 0. The van der Waals surface area contributed by atoms with E-state index < -0.39 is 0 Å². The van der Waals surface area contributed by atoms with Crippen LogP contribution < -0.4 is 5.32 Å². The molecule has 16 heavy (non-hydrogen) atoms. The van der Waals surface area contributed by atoms with Gasteiger partial charge in [0.1, 0.15) is 0 Å². The molecule has 0 radical (unpaired) electrons. The van der Waals surface area contributed by atoms with Crippen LogP contribution in [0.15, 0.2) is 0 Å². The fraction of sp³-hybridized carbons (Fsp3) is 0.917. The van der Waals surface area contributed by atoms with Gasteiger partial charge in [-0.15, -0.1) is 0 Å². The van der Waals surface area contributed by atoms with Gasteiger partial charge in [-0.1, -0.05) is 6.92 Å². The number of carbonyl (C=O) groups excluding carboxylic acids is 1. The molecule has 0 bridgehead atoms. The fourth-order valence-electron chi connectivity index (χ4n) is 2.46. The van der Waals surface area contributed by atoms with Crippen LogP contribution in [0.4, 0.5) is 0 Å². The molecule has 1 N–H and O–H groups in total. The zero-order valence-electron chi connectivity index (χ0n) is 10.2. The van der Waals surface area contributed by atoms with Crippen molar-refractivity contribution in [2.24, 2.45) is 5.92 Å². The molecule has 2 fully saturated rings. The molecule has 4 heteroatoms. The first-order chi connectivity index (χ1) is 7.70. The highest BCUT2D eigenvalue weighted by molar-refractivity contribution is 5.82. The molecule has 3 unspecified atom stereocenters. The third-order valence-electron chi connectivity index (χ3n) is 3.66. The summed E-state index contributed by atoms with van der Waals surface area (Å²) in [6.07, 6.45) is 3.46. The Bertz CT molecular complexity index is 253. The number of likely N-dealkylation sites (N-methyl/N-ethyl adjacent to an activating group) is 1. The second-order valence-electron chi connectivity index (χ2n) is 5.05. The summed E-state index contributed by atoms with van der Waals surface area (Å²) < 4.78 is 5.41. The Morgan fingerprint density at radius 1 is 1.44 bits per heavy atom. The first-order valence-corrected chi connectivity index (χ1v) is 6.28. The molecule has 2 saturated heterocycles. The molecular formula is C12H22N2O2. The van der Waals surface area contributed by atoms with Crippen molar-refractivity contribution >= 4 is 5.91 Å². The van der Waals surface area contributed by atoms with Crippen molar-refractivity contribution in [1.29, 1.82) is 0 Å². The van der Waals surface area contributed by atoms with E-state index in [4.69, 9.17) is 4.74 Å². The minimum absolute atomic E-state index is 0.00465. The van der Waals surface area contributed by atoms with E-state index in [9.17, 15) is 4.79 Å². The predicted octanol–water partition coefficient (Wildman–Crippen LogP) is 0.622. The summed E-state index contributed by atoms with van der Waals surface area (Å²) in [6, 6.07) is 0.00465. The van der Waals surface area contributed by atoms with E-state index in [1.165, 1.54) is 0 Å². The summed E-state index contributed by atoms with van der Waals surface area (Å²) in [6.45, 7) is 4.75. The fourth-order valence-corrected chi connectivity index (χ4v) is 2.46. The summed E-state index contributed by atoms with van der Waals surface area (Å²) in [7, 11) is 1.87. The molecule has 4 nitrogen and oxygen atoms in total. The summed E-state index contributed by atoms with van der Waals surface area (Å²) in [4.78, 5) is 14.2. The van der Waals surface area contributed by atoms with E-state index in [1.54, 1.807) is 0 Å². The second-order valence-corrected chi connectivity index (χ2v) is 5.05. The Labute approximate surface area is 97.3 Å². The second kappa shape index (κ2) is 5.15. The van der Waals surface area contributed by atoms with Gasteiger partial charge in [-0.25, -0.2) is 0 Å². The third-order valence-corrected chi connectivity index (χ3v) is 3.66. The molecule has 2 rings (SSSR count). The number of hydrogen-bond donors (Lipinski definition) is 1. The molecule has 0 spiro atoms. The number of nitrogens with zero attached hydrogens (tertiary/aromatic N) is 1. The van der Waals surface area contributed by atoms with Crippen LogP contribution in [0.2, 0.25) is 0 Å². The zero-order chi connectivity index (χ0) is 11.5. The number of carbonyl (C=O) groups is 1. The number of ether oxygens (including phenoxy) is 1. The van der Waals surface area contributed by atoms with Crippen molar-refractivity contribution in [3.05, 3.63) is 0 Å². The summed E-state index contributed by atoms with van der Waals surface area (Å²) in [5.41, 5.74) is 0. The Hall–Kier alpha value is -0.610. The van der Waals surface area contributed by atoms with Crippen LogP contribution in [-0.4, -0.2) is 49.7 Å². The van der Waals surface area contributed by atoms with E-state index in [-0.39, 0.29) is 18.1 Å². The molecule has 1 amide bonds. The normalized spacial score (nSPS) is 35.8. The van der Waals surface area contributed by atoms with Gasteiger partial charge in [-0.2, -0.15) is 0 Å². The lowest BCUT2D eigenvalue weighted by atomic mass is 10.0. The van der Waals surface area contributed by atoms with Gasteiger partial charge in [-0.05, 0) is 32.2 Å². The predicted molar refractivity (Wildman–Crippen MR) is 62.2 cm³/mol. The maximum absolute atomic E-state index is 12.2. The van der Waals surface area contributed by atoms with Crippen LogP contribution in [0.25, 0.3) is 0 Å². The zero-order valence-corrected chi connectivity index (χ0v) is 10.2. The van der Waals surface area contributed by atoms with Crippen LogP contribution in [0.3, 0.4) is 0 Å². The van der Waals surface area contributed by atoms with E-state index in [0.29, 0.717) is 5.92 Å². The first-order valence-electron chi connectivity index (χ1n) is 6.28. The smallest absolute Gasteiger partial charge is 0.239 e. The largest absolute Gasteiger partial charge is 0.376 e. The van der Waals surface area contributed by atoms with E-state index >= 15 is 0 Å². The van der Waals surface area contributed by atoms with Gasteiger partial charge in [0.15, 0.2) is 0 Å². The molecule has 2 aliphatic heterocycles. The lowest BCUT2D eigenvalue weighted by molar-refractivity contribution is -0.138.